The number of piperidine rings is 1. The van der Waals surface area contributed by atoms with E-state index in [1.54, 1.807) is 6.07 Å². The molecule has 1 unspecified atom stereocenters. The molecule has 3 nitrogen and oxygen atoms in total. The Morgan fingerprint density at radius 3 is 3.00 bits per heavy atom. The van der Waals surface area contributed by atoms with Gasteiger partial charge in [0.25, 0.3) is 0 Å². The zero-order valence-corrected chi connectivity index (χ0v) is 8.87. The summed E-state index contributed by atoms with van der Waals surface area (Å²) in [4.78, 5) is 0. The van der Waals surface area contributed by atoms with Gasteiger partial charge in [-0.15, -0.1) is 0 Å². The Labute approximate surface area is 93.8 Å². The molecule has 0 bridgehead atoms. The van der Waals surface area contributed by atoms with Crippen molar-refractivity contribution in [3.8, 4) is 11.8 Å². The number of hydrogen-bond acceptors (Lipinski definition) is 3. The number of benzene rings is 1. The monoisotopic (exact) mass is 220 g/mol. The molecule has 0 radical (unpaired) electrons. The summed E-state index contributed by atoms with van der Waals surface area (Å²) in [5, 5.41) is 11.8. The van der Waals surface area contributed by atoms with Gasteiger partial charge < -0.3 is 10.1 Å². The summed E-state index contributed by atoms with van der Waals surface area (Å²) in [6.45, 7) is 1.75. The van der Waals surface area contributed by atoms with Crippen molar-refractivity contribution in [1.29, 1.82) is 5.26 Å². The SMILES string of the molecule is N#Cc1ccc(OC2CCCNC2)c(F)c1. The maximum Gasteiger partial charge on any atom is 0.166 e. The van der Waals surface area contributed by atoms with E-state index in [1.807, 2.05) is 6.07 Å². The van der Waals surface area contributed by atoms with E-state index >= 15 is 0 Å². The van der Waals surface area contributed by atoms with Gasteiger partial charge in [-0.2, -0.15) is 5.26 Å². The summed E-state index contributed by atoms with van der Waals surface area (Å²) in [5.74, 6) is -0.239. The molecule has 16 heavy (non-hydrogen) atoms. The molecule has 4 heteroatoms. The second kappa shape index (κ2) is 4.95. The third-order valence-electron chi connectivity index (χ3n) is 2.61. The molecular formula is C12H13FN2O. The van der Waals surface area contributed by atoms with E-state index in [2.05, 4.69) is 5.32 Å². The van der Waals surface area contributed by atoms with Crippen LogP contribution in [0, 0.1) is 17.1 Å². The van der Waals surface area contributed by atoms with Crippen molar-refractivity contribution < 1.29 is 9.13 Å². The molecule has 1 heterocycles. The minimum Gasteiger partial charge on any atom is -0.486 e. The van der Waals surface area contributed by atoms with Gasteiger partial charge in [0.1, 0.15) is 6.10 Å². The standard InChI is InChI=1S/C12H13FN2O/c13-11-6-9(7-14)3-4-12(11)16-10-2-1-5-15-8-10/h3-4,6,10,15H,1-2,5,8H2. The highest BCUT2D eigenvalue weighted by atomic mass is 19.1. The highest BCUT2D eigenvalue weighted by molar-refractivity contribution is 5.36. The van der Waals surface area contributed by atoms with Gasteiger partial charge in [-0.1, -0.05) is 0 Å². The molecule has 1 aromatic rings. The third-order valence-corrected chi connectivity index (χ3v) is 2.61. The topological polar surface area (TPSA) is 45.0 Å². The van der Waals surface area contributed by atoms with Crippen molar-refractivity contribution in [2.45, 2.75) is 18.9 Å². The maximum atomic E-state index is 13.5. The molecular weight excluding hydrogens is 207 g/mol. The molecule has 0 saturated carbocycles. The van der Waals surface area contributed by atoms with E-state index in [-0.39, 0.29) is 11.9 Å². The Kier molecular flexibility index (Phi) is 3.37. The van der Waals surface area contributed by atoms with Crippen molar-refractivity contribution in [3.63, 3.8) is 0 Å². The van der Waals surface area contributed by atoms with Gasteiger partial charge in [-0.05, 0) is 37.6 Å². The highest BCUT2D eigenvalue weighted by Gasteiger charge is 2.16. The highest BCUT2D eigenvalue weighted by Crippen LogP contribution is 2.21. The van der Waals surface area contributed by atoms with Crippen LogP contribution in [0.5, 0.6) is 5.75 Å². The summed E-state index contributed by atoms with van der Waals surface area (Å²) >= 11 is 0. The number of nitrogens with one attached hydrogen (secondary N) is 1. The van der Waals surface area contributed by atoms with Crippen LogP contribution in [0.2, 0.25) is 0 Å². The lowest BCUT2D eigenvalue weighted by atomic mass is 10.1. The van der Waals surface area contributed by atoms with Crippen LogP contribution in [0.25, 0.3) is 0 Å². The number of nitrogens with zero attached hydrogens (tertiary/aromatic N) is 1. The van der Waals surface area contributed by atoms with Crippen molar-refractivity contribution in [2.75, 3.05) is 13.1 Å². The van der Waals surface area contributed by atoms with Crippen LogP contribution in [-0.4, -0.2) is 19.2 Å². The van der Waals surface area contributed by atoms with Gasteiger partial charge in [-0.25, -0.2) is 4.39 Å². The van der Waals surface area contributed by atoms with Crippen molar-refractivity contribution in [2.24, 2.45) is 0 Å². The average Bonchev–Trinajstić information content (AvgIpc) is 2.33. The second-order valence-electron chi connectivity index (χ2n) is 3.84. The van der Waals surface area contributed by atoms with Crippen LogP contribution >= 0.6 is 0 Å². The lowest BCUT2D eigenvalue weighted by Gasteiger charge is -2.24. The van der Waals surface area contributed by atoms with Gasteiger partial charge in [0.15, 0.2) is 11.6 Å². The number of halogens is 1. The van der Waals surface area contributed by atoms with Crippen LogP contribution in [0.4, 0.5) is 4.39 Å². The summed E-state index contributed by atoms with van der Waals surface area (Å²) in [5.41, 5.74) is 0.312. The van der Waals surface area contributed by atoms with Crippen LogP contribution in [-0.2, 0) is 0 Å². The van der Waals surface area contributed by atoms with E-state index in [4.69, 9.17) is 10.00 Å². The van der Waals surface area contributed by atoms with Crippen molar-refractivity contribution in [1.82, 2.24) is 5.32 Å². The summed E-state index contributed by atoms with van der Waals surface area (Å²) in [6.07, 6.45) is 2.01. The molecule has 1 aliphatic rings. The fourth-order valence-electron chi connectivity index (χ4n) is 1.77. The van der Waals surface area contributed by atoms with E-state index in [0.717, 1.165) is 25.9 Å². The van der Waals surface area contributed by atoms with E-state index in [0.29, 0.717) is 5.56 Å². The van der Waals surface area contributed by atoms with Crippen LogP contribution in [0.3, 0.4) is 0 Å². The zero-order chi connectivity index (χ0) is 11.4. The normalized spacial score (nSPS) is 20.1. The Bertz CT molecular complexity index is 408. The fraction of sp³-hybridized carbons (Fsp3) is 0.417. The summed E-state index contributed by atoms with van der Waals surface area (Å²) in [6, 6.07) is 6.17. The molecule has 0 spiro atoms. The van der Waals surface area contributed by atoms with Gasteiger partial charge in [0, 0.05) is 6.54 Å². The predicted octanol–water partition coefficient (Wildman–Crippen LogP) is 1.83. The summed E-state index contributed by atoms with van der Waals surface area (Å²) in [7, 11) is 0. The van der Waals surface area contributed by atoms with Gasteiger partial charge in [-0.3, -0.25) is 0 Å². The van der Waals surface area contributed by atoms with Crippen molar-refractivity contribution in [3.05, 3.63) is 29.6 Å². The molecule has 1 aromatic carbocycles. The minimum absolute atomic E-state index is 0.0242. The number of ether oxygens (including phenoxy) is 1. The minimum atomic E-state index is -0.468. The molecule has 0 aromatic heterocycles. The Hall–Kier alpha value is -1.60. The molecule has 84 valence electrons. The largest absolute Gasteiger partial charge is 0.486 e. The first-order chi connectivity index (χ1) is 7.79. The lowest BCUT2D eigenvalue weighted by Crippen LogP contribution is -2.37. The lowest BCUT2D eigenvalue weighted by molar-refractivity contribution is 0.160. The fourth-order valence-corrected chi connectivity index (χ4v) is 1.77. The van der Waals surface area contributed by atoms with E-state index < -0.39 is 5.82 Å². The molecule has 1 atom stereocenters. The van der Waals surface area contributed by atoms with Gasteiger partial charge in [0.2, 0.25) is 0 Å². The van der Waals surface area contributed by atoms with Crippen molar-refractivity contribution >= 4 is 0 Å². The zero-order valence-electron chi connectivity index (χ0n) is 8.87. The molecule has 1 aliphatic heterocycles. The molecule has 0 amide bonds. The quantitative estimate of drug-likeness (QED) is 0.827. The molecule has 1 saturated heterocycles. The molecule has 1 fully saturated rings. The molecule has 1 N–H and O–H groups in total. The van der Waals surface area contributed by atoms with Crippen LogP contribution < -0.4 is 10.1 Å². The Morgan fingerprint density at radius 1 is 1.50 bits per heavy atom. The Morgan fingerprint density at radius 2 is 2.38 bits per heavy atom. The van der Waals surface area contributed by atoms with Crippen LogP contribution in [0.1, 0.15) is 18.4 Å². The third kappa shape index (κ3) is 2.50. The maximum absolute atomic E-state index is 13.5. The average molecular weight is 220 g/mol. The molecule has 2 rings (SSSR count). The first-order valence-electron chi connectivity index (χ1n) is 5.36. The second-order valence-corrected chi connectivity index (χ2v) is 3.84. The van der Waals surface area contributed by atoms with Crippen LogP contribution in [0.15, 0.2) is 18.2 Å². The summed E-state index contributed by atoms with van der Waals surface area (Å²) < 4.78 is 19.0. The first-order valence-corrected chi connectivity index (χ1v) is 5.36. The Balaban J connectivity index is 2.06. The van der Waals surface area contributed by atoms with Gasteiger partial charge >= 0.3 is 0 Å². The number of hydrogen-bond donors (Lipinski definition) is 1. The number of nitriles is 1. The van der Waals surface area contributed by atoms with E-state index in [1.165, 1.54) is 12.1 Å². The number of rotatable bonds is 2. The predicted molar refractivity (Wildman–Crippen MR) is 57.6 cm³/mol. The first kappa shape index (κ1) is 10.9. The smallest absolute Gasteiger partial charge is 0.166 e. The molecule has 0 aliphatic carbocycles. The van der Waals surface area contributed by atoms with E-state index in [9.17, 15) is 4.39 Å². The van der Waals surface area contributed by atoms with Gasteiger partial charge in [0.05, 0.1) is 11.6 Å².